The zero-order chi connectivity index (χ0) is 13.9. The molecule has 4 heteroatoms. The van der Waals surface area contributed by atoms with Crippen molar-refractivity contribution in [3.05, 3.63) is 39.1 Å². The van der Waals surface area contributed by atoms with Crippen molar-refractivity contribution >= 4 is 22.0 Å². The van der Waals surface area contributed by atoms with Gasteiger partial charge in [0, 0.05) is 5.56 Å². The van der Waals surface area contributed by atoms with E-state index in [4.69, 9.17) is 10.5 Å². The minimum absolute atomic E-state index is 0.119. The fraction of sp³-hybridized carbons (Fsp3) is 0.286. The summed E-state index contributed by atoms with van der Waals surface area (Å²) in [5.41, 5.74) is 0.912. The van der Waals surface area contributed by atoms with Crippen LogP contribution < -0.4 is 0 Å². The van der Waals surface area contributed by atoms with Crippen LogP contribution in [0.1, 0.15) is 31.9 Å². The maximum Gasteiger partial charge on any atom is 0.144 e. The molecule has 0 saturated heterocycles. The Morgan fingerprint density at radius 1 is 1.28 bits per heavy atom. The van der Waals surface area contributed by atoms with Gasteiger partial charge in [-0.2, -0.15) is 10.5 Å². The molecule has 18 heavy (non-hydrogen) atoms. The number of halogens is 2. The van der Waals surface area contributed by atoms with Gasteiger partial charge in [0.05, 0.1) is 4.47 Å². The quantitative estimate of drug-likeness (QED) is 0.726. The van der Waals surface area contributed by atoms with Crippen LogP contribution in [0.15, 0.2) is 22.2 Å². The molecule has 0 aliphatic heterocycles. The van der Waals surface area contributed by atoms with Crippen LogP contribution in [0.5, 0.6) is 0 Å². The molecule has 0 aromatic heterocycles. The van der Waals surface area contributed by atoms with Crippen molar-refractivity contribution < 1.29 is 4.39 Å². The van der Waals surface area contributed by atoms with Crippen molar-refractivity contribution in [3.63, 3.8) is 0 Å². The molecule has 0 N–H and O–H groups in total. The van der Waals surface area contributed by atoms with E-state index < -0.39 is 5.82 Å². The van der Waals surface area contributed by atoms with Gasteiger partial charge in [-0.25, -0.2) is 4.39 Å². The monoisotopic (exact) mass is 306 g/mol. The Balaban J connectivity index is 3.47. The Kier molecular flexibility index (Phi) is 4.27. The lowest BCUT2D eigenvalue weighted by Gasteiger charge is -2.20. The smallest absolute Gasteiger partial charge is 0.144 e. The average Bonchev–Trinajstić information content (AvgIpc) is 2.29. The van der Waals surface area contributed by atoms with E-state index >= 15 is 0 Å². The van der Waals surface area contributed by atoms with E-state index in [2.05, 4.69) is 15.9 Å². The predicted molar refractivity (Wildman–Crippen MR) is 72.0 cm³/mol. The number of nitrogens with zero attached hydrogens (tertiary/aromatic N) is 2. The number of rotatable bonds is 1. The molecule has 1 rings (SSSR count). The van der Waals surface area contributed by atoms with E-state index in [1.165, 1.54) is 6.08 Å². The molecule has 0 heterocycles. The summed E-state index contributed by atoms with van der Waals surface area (Å²) in [6.45, 7) is 6.03. The Morgan fingerprint density at radius 2 is 1.83 bits per heavy atom. The SMILES string of the molecule is CC(C)(C)c1cc(Br)c(F)c(C=C(C#N)C#N)c1. The number of benzene rings is 1. The molecule has 0 atom stereocenters. The Hall–Kier alpha value is -1.65. The minimum atomic E-state index is -0.467. The normalized spacial score (nSPS) is 10.4. The molecule has 0 unspecified atom stereocenters. The fourth-order valence-electron chi connectivity index (χ4n) is 1.39. The van der Waals surface area contributed by atoms with E-state index in [-0.39, 0.29) is 16.6 Å². The maximum atomic E-state index is 13.9. The molecule has 0 bridgehead atoms. The Morgan fingerprint density at radius 3 is 2.28 bits per heavy atom. The molecule has 0 spiro atoms. The van der Waals surface area contributed by atoms with Gasteiger partial charge in [-0.3, -0.25) is 0 Å². The second-order valence-electron chi connectivity index (χ2n) is 4.89. The van der Waals surface area contributed by atoms with Crippen LogP contribution in [0.3, 0.4) is 0 Å². The topological polar surface area (TPSA) is 47.6 Å². The lowest BCUT2D eigenvalue weighted by Crippen LogP contribution is -2.11. The molecule has 0 fully saturated rings. The summed E-state index contributed by atoms with van der Waals surface area (Å²) in [5.74, 6) is -0.467. The van der Waals surface area contributed by atoms with Crippen LogP contribution in [0.25, 0.3) is 6.08 Å². The van der Waals surface area contributed by atoms with Crippen molar-refractivity contribution in [1.29, 1.82) is 10.5 Å². The van der Waals surface area contributed by atoms with Crippen molar-refractivity contribution in [2.45, 2.75) is 26.2 Å². The largest absolute Gasteiger partial charge is 0.205 e. The highest BCUT2D eigenvalue weighted by Gasteiger charge is 2.17. The summed E-state index contributed by atoms with van der Waals surface area (Å²) in [4.78, 5) is 0. The van der Waals surface area contributed by atoms with Gasteiger partial charge in [-0.05, 0) is 45.1 Å². The maximum absolute atomic E-state index is 13.9. The number of hydrogen-bond donors (Lipinski definition) is 0. The van der Waals surface area contributed by atoms with Crippen molar-refractivity contribution in [3.8, 4) is 12.1 Å². The molecule has 1 aromatic rings. The fourth-order valence-corrected chi connectivity index (χ4v) is 1.87. The predicted octanol–water partition coefficient (Wildman–Crippen LogP) is 4.32. The third-order valence-electron chi connectivity index (χ3n) is 2.46. The lowest BCUT2D eigenvalue weighted by molar-refractivity contribution is 0.579. The molecule has 0 saturated carbocycles. The van der Waals surface area contributed by atoms with Crippen LogP contribution in [-0.4, -0.2) is 0 Å². The van der Waals surface area contributed by atoms with E-state index in [1.807, 2.05) is 20.8 Å². The first kappa shape index (κ1) is 14.4. The second kappa shape index (κ2) is 5.33. The molecule has 0 aliphatic rings. The lowest BCUT2D eigenvalue weighted by atomic mass is 9.86. The summed E-state index contributed by atoms with van der Waals surface area (Å²) in [5, 5.41) is 17.4. The van der Waals surface area contributed by atoms with Gasteiger partial charge < -0.3 is 0 Å². The van der Waals surface area contributed by atoms with Gasteiger partial charge in [0.2, 0.25) is 0 Å². The summed E-state index contributed by atoms with van der Waals surface area (Å²) >= 11 is 3.15. The van der Waals surface area contributed by atoms with E-state index in [0.29, 0.717) is 4.47 Å². The third kappa shape index (κ3) is 3.18. The molecule has 2 nitrogen and oxygen atoms in total. The Labute approximate surface area is 114 Å². The van der Waals surface area contributed by atoms with Gasteiger partial charge in [0.1, 0.15) is 23.5 Å². The highest BCUT2D eigenvalue weighted by atomic mass is 79.9. The zero-order valence-electron chi connectivity index (χ0n) is 10.4. The summed E-state index contributed by atoms with van der Waals surface area (Å²) < 4.78 is 14.2. The van der Waals surface area contributed by atoms with Gasteiger partial charge >= 0.3 is 0 Å². The summed E-state index contributed by atoms with van der Waals surface area (Å²) in [7, 11) is 0. The molecule has 0 amide bonds. The van der Waals surface area contributed by atoms with Crippen molar-refractivity contribution in [2.75, 3.05) is 0 Å². The molecular formula is C14H12BrFN2. The van der Waals surface area contributed by atoms with E-state index in [1.54, 1.807) is 24.3 Å². The van der Waals surface area contributed by atoms with E-state index in [0.717, 1.165) is 5.56 Å². The van der Waals surface area contributed by atoms with Gasteiger partial charge in [-0.1, -0.05) is 20.8 Å². The number of hydrogen-bond acceptors (Lipinski definition) is 2. The van der Waals surface area contributed by atoms with Crippen LogP contribution in [0, 0.1) is 28.5 Å². The first-order chi connectivity index (χ1) is 8.29. The average molecular weight is 307 g/mol. The minimum Gasteiger partial charge on any atom is -0.205 e. The second-order valence-corrected chi connectivity index (χ2v) is 5.75. The highest BCUT2D eigenvalue weighted by molar-refractivity contribution is 9.10. The highest BCUT2D eigenvalue weighted by Crippen LogP contribution is 2.30. The standard InChI is InChI=1S/C14H12BrFN2/c1-14(2,3)11-5-10(4-9(7-17)8-18)13(16)12(15)6-11/h4-6H,1-3H3. The van der Waals surface area contributed by atoms with Crippen LogP contribution in [0.4, 0.5) is 4.39 Å². The van der Waals surface area contributed by atoms with Crippen molar-refractivity contribution in [1.82, 2.24) is 0 Å². The summed E-state index contributed by atoms with van der Waals surface area (Å²) in [6.07, 6.45) is 1.26. The van der Waals surface area contributed by atoms with Crippen LogP contribution in [0.2, 0.25) is 0 Å². The Bertz CT molecular complexity index is 568. The van der Waals surface area contributed by atoms with Crippen LogP contribution in [-0.2, 0) is 5.41 Å². The van der Waals surface area contributed by atoms with E-state index in [9.17, 15) is 4.39 Å². The zero-order valence-corrected chi connectivity index (χ0v) is 12.0. The van der Waals surface area contributed by atoms with Gasteiger partial charge in [0.25, 0.3) is 0 Å². The van der Waals surface area contributed by atoms with Crippen molar-refractivity contribution in [2.24, 2.45) is 0 Å². The van der Waals surface area contributed by atoms with Crippen LogP contribution >= 0.6 is 15.9 Å². The molecule has 0 radical (unpaired) electrons. The summed E-state index contributed by atoms with van der Waals surface area (Å²) in [6, 6.07) is 6.82. The van der Waals surface area contributed by atoms with Gasteiger partial charge in [-0.15, -0.1) is 0 Å². The third-order valence-corrected chi connectivity index (χ3v) is 3.04. The number of nitriles is 2. The number of allylic oxidation sites excluding steroid dienone is 1. The molecule has 92 valence electrons. The molecule has 0 aliphatic carbocycles. The first-order valence-electron chi connectivity index (χ1n) is 5.31. The van der Waals surface area contributed by atoms with Gasteiger partial charge in [0.15, 0.2) is 0 Å². The molecular weight excluding hydrogens is 295 g/mol. The first-order valence-corrected chi connectivity index (χ1v) is 6.10. The molecule has 1 aromatic carbocycles.